The average Bonchev–Trinajstić information content (AvgIpc) is 3.01. The lowest BCUT2D eigenvalue weighted by atomic mass is 10.1. The highest BCUT2D eigenvalue weighted by molar-refractivity contribution is 7.89. The van der Waals surface area contributed by atoms with E-state index in [9.17, 15) is 27.6 Å². The molecule has 0 bridgehead atoms. The first-order chi connectivity index (χ1) is 17.1. The number of nitrogens with zero attached hydrogens (tertiary/aromatic N) is 3. The van der Waals surface area contributed by atoms with Gasteiger partial charge in [0.1, 0.15) is 0 Å². The molecule has 2 aliphatic heterocycles. The van der Waals surface area contributed by atoms with Crippen LogP contribution in [0.25, 0.3) is 0 Å². The summed E-state index contributed by atoms with van der Waals surface area (Å²) in [6, 6.07) is 11.2. The summed E-state index contributed by atoms with van der Waals surface area (Å²) in [5.41, 5.74) is 1.85. The number of fused-ring (bicyclic) bond motifs is 1. The van der Waals surface area contributed by atoms with Crippen molar-refractivity contribution in [3.63, 3.8) is 0 Å². The van der Waals surface area contributed by atoms with Gasteiger partial charge < -0.3 is 20.4 Å². The SMILES string of the molecule is CC(=O)c1ccc(N2CCN(C(=O)CN(C)S(=O)(=O)c3ccc4c(c3)C(=O)NCC(=O)N4)CC2)cc1. The molecule has 2 aliphatic rings. The lowest BCUT2D eigenvalue weighted by Crippen LogP contribution is -2.51. The van der Waals surface area contributed by atoms with Gasteiger partial charge in [-0.25, -0.2) is 8.42 Å². The number of ketones is 1. The topological polar surface area (TPSA) is 136 Å². The molecule has 0 radical (unpaired) electrons. The fraction of sp³-hybridized carbons (Fsp3) is 0.333. The van der Waals surface area contributed by atoms with Crippen molar-refractivity contribution in [1.29, 1.82) is 0 Å². The van der Waals surface area contributed by atoms with Crippen LogP contribution in [0, 0.1) is 0 Å². The van der Waals surface area contributed by atoms with Gasteiger partial charge in [-0.3, -0.25) is 19.2 Å². The Balaban J connectivity index is 1.39. The molecular weight excluding hydrogens is 486 g/mol. The summed E-state index contributed by atoms with van der Waals surface area (Å²) in [7, 11) is -2.75. The van der Waals surface area contributed by atoms with E-state index in [-0.39, 0.29) is 40.9 Å². The van der Waals surface area contributed by atoms with E-state index in [0.717, 1.165) is 9.99 Å². The van der Waals surface area contributed by atoms with E-state index in [0.29, 0.717) is 31.7 Å². The van der Waals surface area contributed by atoms with E-state index in [1.165, 1.54) is 32.2 Å². The molecule has 0 aliphatic carbocycles. The van der Waals surface area contributed by atoms with Gasteiger partial charge in [0.2, 0.25) is 21.8 Å². The molecule has 0 aromatic heterocycles. The van der Waals surface area contributed by atoms with Gasteiger partial charge in [0.05, 0.1) is 29.2 Å². The van der Waals surface area contributed by atoms with E-state index in [1.54, 1.807) is 17.0 Å². The molecule has 2 N–H and O–H groups in total. The summed E-state index contributed by atoms with van der Waals surface area (Å²) in [6.07, 6.45) is 0. The highest BCUT2D eigenvalue weighted by Crippen LogP contribution is 2.24. The maximum Gasteiger partial charge on any atom is 0.253 e. The molecule has 1 fully saturated rings. The van der Waals surface area contributed by atoms with E-state index in [2.05, 4.69) is 15.5 Å². The lowest BCUT2D eigenvalue weighted by Gasteiger charge is -2.36. The summed E-state index contributed by atoms with van der Waals surface area (Å²) in [4.78, 5) is 51.9. The molecule has 36 heavy (non-hydrogen) atoms. The van der Waals surface area contributed by atoms with E-state index >= 15 is 0 Å². The van der Waals surface area contributed by atoms with Crippen LogP contribution in [0.3, 0.4) is 0 Å². The van der Waals surface area contributed by atoms with E-state index < -0.39 is 21.8 Å². The Morgan fingerprint density at radius 1 is 1.00 bits per heavy atom. The number of Topliss-reactive ketones (excluding diaryl/α,β-unsaturated/α-hetero) is 1. The van der Waals surface area contributed by atoms with Crippen molar-refractivity contribution in [2.45, 2.75) is 11.8 Å². The van der Waals surface area contributed by atoms with Gasteiger partial charge in [0, 0.05) is 44.5 Å². The minimum Gasteiger partial charge on any atom is -0.368 e. The molecule has 0 spiro atoms. The van der Waals surface area contributed by atoms with Gasteiger partial charge >= 0.3 is 0 Å². The molecule has 0 atom stereocenters. The van der Waals surface area contributed by atoms with Gasteiger partial charge in [0.15, 0.2) is 5.78 Å². The average molecular weight is 514 g/mol. The number of hydrogen-bond acceptors (Lipinski definition) is 7. The normalized spacial score (nSPS) is 16.2. The van der Waals surface area contributed by atoms with Crippen molar-refractivity contribution in [2.24, 2.45) is 0 Å². The van der Waals surface area contributed by atoms with Crippen LogP contribution in [0.1, 0.15) is 27.6 Å². The zero-order valence-corrected chi connectivity index (χ0v) is 20.8. The molecule has 2 aromatic rings. The number of rotatable bonds is 6. The first-order valence-corrected chi connectivity index (χ1v) is 12.8. The minimum atomic E-state index is -4.06. The standard InChI is InChI=1S/C24H27N5O6S/c1-16(30)17-3-5-18(6-4-17)28-9-11-29(12-10-28)23(32)15-27(2)36(34,35)19-7-8-21-20(13-19)24(33)25-14-22(31)26-21/h3-8,13H,9-12,14-15H2,1-2H3,(H,25,33)(H,26,31). The summed E-state index contributed by atoms with van der Waals surface area (Å²) in [6.45, 7) is 2.97. The van der Waals surface area contributed by atoms with Crippen LogP contribution in [-0.2, 0) is 19.6 Å². The maximum absolute atomic E-state index is 13.1. The Labute approximate surface area is 209 Å². The third-order valence-corrected chi connectivity index (χ3v) is 8.06. The Morgan fingerprint density at radius 3 is 2.31 bits per heavy atom. The number of piperazine rings is 1. The van der Waals surface area contributed by atoms with E-state index in [4.69, 9.17) is 0 Å². The quantitative estimate of drug-likeness (QED) is 0.538. The number of carbonyl (C=O) groups excluding carboxylic acids is 4. The Bertz CT molecular complexity index is 1320. The minimum absolute atomic E-state index is 0.00282. The number of sulfonamides is 1. The Kier molecular flexibility index (Phi) is 7.09. The molecule has 11 nitrogen and oxygen atoms in total. The number of hydrogen-bond donors (Lipinski definition) is 2. The Morgan fingerprint density at radius 2 is 1.67 bits per heavy atom. The number of anilines is 2. The molecule has 190 valence electrons. The van der Waals surface area contributed by atoms with E-state index in [1.807, 2.05) is 12.1 Å². The summed E-state index contributed by atoms with van der Waals surface area (Å²) in [5, 5.41) is 4.97. The molecule has 0 unspecified atom stereocenters. The zero-order valence-electron chi connectivity index (χ0n) is 20.0. The van der Waals surface area contributed by atoms with Gasteiger partial charge in [-0.15, -0.1) is 0 Å². The molecule has 12 heteroatoms. The highest BCUT2D eigenvalue weighted by Gasteiger charge is 2.29. The van der Waals surface area contributed by atoms with Gasteiger partial charge in [-0.2, -0.15) is 4.31 Å². The van der Waals surface area contributed by atoms with Crippen LogP contribution in [0.2, 0.25) is 0 Å². The summed E-state index contributed by atoms with van der Waals surface area (Å²) in [5.74, 6) is -1.30. The second kappa shape index (κ2) is 10.1. The highest BCUT2D eigenvalue weighted by atomic mass is 32.2. The van der Waals surface area contributed by atoms with Crippen molar-refractivity contribution >= 4 is 44.9 Å². The van der Waals surface area contributed by atoms with Crippen molar-refractivity contribution in [3.05, 3.63) is 53.6 Å². The molecule has 3 amide bonds. The summed E-state index contributed by atoms with van der Waals surface area (Å²) >= 11 is 0. The van der Waals surface area contributed by atoms with Crippen LogP contribution in [0.5, 0.6) is 0 Å². The first-order valence-electron chi connectivity index (χ1n) is 11.4. The fourth-order valence-electron chi connectivity index (χ4n) is 4.11. The third-order valence-electron chi connectivity index (χ3n) is 6.26. The number of benzene rings is 2. The van der Waals surface area contributed by atoms with Crippen LogP contribution >= 0.6 is 0 Å². The fourth-order valence-corrected chi connectivity index (χ4v) is 5.25. The van der Waals surface area contributed by atoms with Gasteiger partial charge in [-0.1, -0.05) is 0 Å². The van der Waals surface area contributed by atoms with Crippen molar-refractivity contribution in [1.82, 2.24) is 14.5 Å². The van der Waals surface area contributed by atoms with Crippen LogP contribution in [0.15, 0.2) is 47.4 Å². The van der Waals surface area contributed by atoms with Crippen LogP contribution in [0.4, 0.5) is 11.4 Å². The maximum atomic E-state index is 13.1. The van der Waals surface area contributed by atoms with Gasteiger partial charge in [-0.05, 0) is 49.4 Å². The lowest BCUT2D eigenvalue weighted by molar-refractivity contribution is -0.131. The molecule has 0 saturated carbocycles. The number of carbonyl (C=O) groups is 4. The van der Waals surface area contributed by atoms with Gasteiger partial charge in [0.25, 0.3) is 5.91 Å². The smallest absolute Gasteiger partial charge is 0.253 e. The van der Waals surface area contributed by atoms with Crippen molar-refractivity contribution in [3.8, 4) is 0 Å². The molecule has 2 heterocycles. The second-order valence-corrected chi connectivity index (χ2v) is 10.7. The predicted molar refractivity (Wildman–Crippen MR) is 132 cm³/mol. The second-order valence-electron chi connectivity index (χ2n) is 8.67. The predicted octanol–water partition coefficient (Wildman–Crippen LogP) is 0.540. The van der Waals surface area contributed by atoms with Crippen LogP contribution < -0.4 is 15.5 Å². The van der Waals surface area contributed by atoms with Crippen LogP contribution in [-0.4, -0.2) is 87.4 Å². The largest absolute Gasteiger partial charge is 0.368 e. The Hall–Kier alpha value is -3.77. The number of amides is 3. The molecular formula is C24H27N5O6S. The third kappa shape index (κ3) is 5.24. The molecule has 4 rings (SSSR count). The monoisotopic (exact) mass is 513 g/mol. The van der Waals surface area contributed by atoms with Crippen molar-refractivity contribution < 1.29 is 27.6 Å². The molecule has 2 aromatic carbocycles. The zero-order chi connectivity index (χ0) is 26.0. The summed E-state index contributed by atoms with van der Waals surface area (Å²) < 4.78 is 27.2. The van der Waals surface area contributed by atoms with Crippen molar-refractivity contribution in [2.75, 3.05) is 56.5 Å². The first kappa shape index (κ1) is 25.3. The number of nitrogens with one attached hydrogen (secondary N) is 2. The molecule has 1 saturated heterocycles. The number of likely N-dealkylation sites (N-methyl/N-ethyl adjacent to an activating group) is 1.